The average Bonchev–Trinajstić information content (AvgIpc) is 2.67. The molecule has 20 heavy (non-hydrogen) atoms. The Morgan fingerprint density at radius 3 is 2.55 bits per heavy atom. The summed E-state index contributed by atoms with van der Waals surface area (Å²) in [6.07, 6.45) is 0. The molecule has 0 aliphatic heterocycles. The smallest absolute Gasteiger partial charge is 0.128 e. The Labute approximate surface area is 124 Å². The Bertz CT molecular complexity index is 619. The summed E-state index contributed by atoms with van der Waals surface area (Å²) in [6.45, 7) is 6.67. The van der Waals surface area contributed by atoms with Crippen LogP contribution < -0.4 is 0 Å². The molecule has 0 bridgehead atoms. The largest absolute Gasteiger partial charge is 0.323 e. The number of benzene rings is 1. The standard InChI is InChI=1S/C15H21ClFN3/c1-9-6-14-13(7-12(9)17)18-15(11(3)16)20(14)10(2)8-19(4)5/h6-7,10-11H,8H2,1-5H3. The molecule has 0 fully saturated rings. The molecule has 0 saturated carbocycles. The van der Waals surface area contributed by atoms with Gasteiger partial charge in [0.15, 0.2) is 0 Å². The third-order valence-corrected chi connectivity index (χ3v) is 3.62. The van der Waals surface area contributed by atoms with Crippen LogP contribution in [0.2, 0.25) is 0 Å². The number of fused-ring (bicyclic) bond motifs is 1. The molecule has 1 heterocycles. The predicted molar refractivity (Wildman–Crippen MR) is 82.0 cm³/mol. The highest BCUT2D eigenvalue weighted by Gasteiger charge is 2.20. The average molecular weight is 298 g/mol. The van der Waals surface area contributed by atoms with Crippen molar-refractivity contribution in [3.63, 3.8) is 0 Å². The minimum atomic E-state index is -0.226. The van der Waals surface area contributed by atoms with Crippen molar-refractivity contribution in [2.45, 2.75) is 32.2 Å². The van der Waals surface area contributed by atoms with Crippen LogP contribution >= 0.6 is 11.6 Å². The quantitative estimate of drug-likeness (QED) is 0.798. The van der Waals surface area contributed by atoms with Gasteiger partial charge in [0.2, 0.25) is 0 Å². The molecule has 5 heteroatoms. The van der Waals surface area contributed by atoms with Gasteiger partial charge in [-0.1, -0.05) is 0 Å². The van der Waals surface area contributed by atoms with Gasteiger partial charge in [0.05, 0.1) is 16.4 Å². The molecule has 2 atom stereocenters. The molecular formula is C15H21ClFN3. The number of rotatable bonds is 4. The highest BCUT2D eigenvalue weighted by Crippen LogP contribution is 2.29. The van der Waals surface area contributed by atoms with E-state index in [1.165, 1.54) is 6.07 Å². The van der Waals surface area contributed by atoms with Crippen LogP contribution in [0.1, 0.15) is 36.7 Å². The van der Waals surface area contributed by atoms with Crippen molar-refractivity contribution >= 4 is 22.6 Å². The number of nitrogens with zero attached hydrogens (tertiary/aromatic N) is 3. The summed E-state index contributed by atoms with van der Waals surface area (Å²) in [5, 5.41) is -0.213. The van der Waals surface area contributed by atoms with Gasteiger partial charge in [-0.25, -0.2) is 9.37 Å². The van der Waals surface area contributed by atoms with Gasteiger partial charge in [0.1, 0.15) is 11.6 Å². The first-order chi connectivity index (χ1) is 9.31. The van der Waals surface area contributed by atoms with E-state index in [4.69, 9.17) is 11.6 Å². The summed E-state index contributed by atoms with van der Waals surface area (Å²) in [4.78, 5) is 6.64. The molecule has 0 N–H and O–H groups in total. The van der Waals surface area contributed by atoms with Crippen LogP contribution in [0.25, 0.3) is 11.0 Å². The van der Waals surface area contributed by atoms with Crippen molar-refractivity contribution in [2.75, 3.05) is 20.6 Å². The fourth-order valence-corrected chi connectivity index (χ4v) is 2.75. The lowest BCUT2D eigenvalue weighted by Gasteiger charge is -2.22. The molecule has 2 unspecified atom stereocenters. The number of aryl methyl sites for hydroxylation is 1. The van der Waals surface area contributed by atoms with Crippen LogP contribution in [0.3, 0.4) is 0 Å². The maximum atomic E-state index is 13.7. The van der Waals surface area contributed by atoms with Gasteiger partial charge in [-0.05, 0) is 46.5 Å². The third kappa shape index (κ3) is 2.81. The summed E-state index contributed by atoms with van der Waals surface area (Å²) < 4.78 is 15.8. The highest BCUT2D eigenvalue weighted by atomic mass is 35.5. The first-order valence-corrected chi connectivity index (χ1v) is 7.21. The molecule has 2 aromatic rings. The number of imidazole rings is 1. The molecule has 0 radical (unpaired) electrons. The van der Waals surface area contributed by atoms with E-state index < -0.39 is 0 Å². The second kappa shape index (κ2) is 5.70. The van der Waals surface area contributed by atoms with E-state index in [0.29, 0.717) is 11.1 Å². The number of likely N-dealkylation sites (N-methyl/N-ethyl adjacent to an activating group) is 1. The van der Waals surface area contributed by atoms with E-state index in [-0.39, 0.29) is 17.2 Å². The van der Waals surface area contributed by atoms with E-state index in [2.05, 4.69) is 21.4 Å². The second-order valence-corrected chi connectivity index (χ2v) is 6.31. The Morgan fingerprint density at radius 1 is 1.35 bits per heavy atom. The lowest BCUT2D eigenvalue weighted by molar-refractivity contribution is 0.336. The molecule has 0 saturated heterocycles. The SMILES string of the molecule is Cc1cc2c(cc1F)nc(C(C)Cl)n2C(C)CN(C)C. The molecule has 0 aliphatic carbocycles. The summed E-state index contributed by atoms with van der Waals surface area (Å²) in [6, 6.07) is 3.56. The first-order valence-electron chi connectivity index (χ1n) is 6.78. The lowest BCUT2D eigenvalue weighted by Crippen LogP contribution is -2.23. The molecule has 2 rings (SSSR count). The van der Waals surface area contributed by atoms with Crippen molar-refractivity contribution in [1.29, 1.82) is 0 Å². The van der Waals surface area contributed by atoms with Gasteiger partial charge in [-0.15, -0.1) is 11.6 Å². The normalized spacial score (nSPS) is 15.0. The fraction of sp³-hybridized carbons (Fsp3) is 0.533. The van der Waals surface area contributed by atoms with Crippen molar-refractivity contribution in [3.05, 3.63) is 29.3 Å². The zero-order valence-electron chi connectivity index (χ0n) is 12.6. The lowest BCUT2D eigenvalue weighted by atomic mass is 10.2. The monoisotopic (exact) mass is 297 g/mol. The maximum absolute atomic E-state index is 13.7. The van der Waals surface area contributed by atoms with Crippen molar-refractivity contribution in [1.82, 2.24) is 14.5 Å². The van der Waals surface area contributed by atoms with Gasteiger partial charge >= 0.3 is 0 Å². The summed E-state index contributed by atoms with van der Waals surface area (Å²) in [7, 11) is 4.06. The summed E-state index contributed by atoms with van der Waals surface area (Å²) in [5.74, 6) is 0.567. The minimum Gasteiger partial charge on any atom is -0.323 e. The van der Waals surface area contributed by atoms with Crippen LogP contribution in [-0.4, -0.2) is 35.1 Å². The molecule has 1 aromatic carbocycles. The summed E-state index contributed by atoms with van der Waals surface area (Å²) >= 11 is 6.25. The number of halogens is 2. The minimum absolute atomic E-state index is 0.213. The van der Waals surface area contributed by atoms with Crippen LogP contribution in [0.4, 0.5) is 4.39 Å². The van der Waals surface area contributed by atoms with Crippen LogP contribution in [0, 0.1) is 12.7 Å². The Balaban J connectivity index is 2.64. The number of hydrogen-bond donors (Lipinski definition) is 0. The van der Waals surface area contributed by atoms with Gasteiger partial charge in [0, 0.05) is 18.7 Å². The molecule has 3 nitrogen and oxygen atoms in total. The number of alkyl halides is 1. The maximum Gasteiger partial charge on any atom is 0.128 e. The van der Waals surface area contributed by atoms with E-state index in [1.54, 1.807) is 6.92 Å². The first kappa shape index (κ1) is 15.3. The van der Waals surface area contributed by atoms with E-state index in [9.17, 15) is 4.39 Å². The molecule has 1 aromatic heterocycles. The molecule has 0 amide bonds. The van der Waals surface area contributed by atoms with Crippen molar-refractivity contribution in [2.24, 2.45) is 0 Å². The second-order valence-electron chi connectivity index (χ2n) is 5.66. The third-order valence-electron chi connectivity index (χ3n) is 3.42. The van der Waals surface area contributed by atoms with Gasteiger partial charge < -0.3 is 9.47 Å². The zero-order valence-corrected chi connectivity index (χ0v) is 13.4. The van der Waals surface area contributed by atoms with Crippen LogP contribution in [0.5, 0.6) is 0 Å². The zero-order chi connectivity index (χ0) is 15.0. The number of aromatic nitrogens is 2. The fourth-order valence-electron chi connectivity index (χ4n) is 2.59. The highest BCUT2D eigenvalue weighted by molar-refractivity contribution is 6.20. The molecule has 110 valence electrons. The van der Waals surface area contributed by atoms with Crippen molar-refractivity contribution < 1.29 is 4.39 Å². The summed E-state index contributed by atoms with van der Waals surface area (Å²) in [5.41, 5.74) is 2.24. The Morgan fingerprint density at radius 2 is 2.00 bits per heavy atom. The topological polar surface area (TPSA) is 21.1 Å². The Hall–Kier alpha value is -1.13. The van der Waals surface area contributed by atoms with E-state index in [1.807, 2.05) is 27.1 Å². The molecule has 0 aliphatic rings. The van der Waals surface area contributed by atoms with Crippen LogP contribution in [0.15, 0.2) is 12.1 Å². The molecule has 0 spiro atoms. The van der Waals surface area contributed by atoms with Gasteiger partial charge in [0.25, 0.3) is 0 Å². The van der Waals surface area contributed by atoms with E-state index >= 15 is 0 Å². The predicted octanol–water partition coefficient (Wildman–Crippen LogP) is 3.91. The van der Waals surface area contributed by atoms with Crippen LogP contribution in [-0.2, 0) is 0 Å². The van der Waals surface area contributed by atoms with Gasteiger partial charge in [-0.3, -0.25) is 0 Å². The molecular weight excluding hydrogens is 277 g/mol. The number of hydrogen-bond acceptors (Lipinski definition) is 2. The Kier molecular flexibility index (Phi) is 4.35. The van der Waals surface area contributed by atoms with E-state index in [0.717, 1.165) is 17.9 Å². The van der Waals surface area contributed by atoms with Gasteiger partial charge in [-0.2, -0.15) is 0 Å². The van der Waals surface area contributed by atoms with Crippen molar-refractivity contribution in [3.8, 4) is 0 Å².